The molecule has 0 atom stereocenters. The first-order valence-electron chi connectivity index (χ1n) is 5.83. The SMILES string of the molecule is CC(C)NC(=O)Nc1nc(-c2ccc(Br)cc2)cs1. The van der Waals surface area contributed by atoms with E-state index < -0.39 is 0 Å². The first kappa shape index (κ1) is 14.0. The van der Waals surface area contributed by atoms with Gasteiger partial charge in [0.25, 0.3) is 0 Å². The molecule has 6 heteroatoms. The molecule has 1 aromatic carbocycles. The van der Waals surface area contributed by atoms with Crippen molar-refractivity contribution >= 4 is 38.4 Å². The topological polar surface area (TPSA) is 54.0 Å². The van der Waals surface area contributed by atoms with E-state index in [0.717, 1.165) is 15.7 Å². The summed E-state index contributed by atoms with van der Waals surface area (Å²) in [4.78, 5) is 15.9. The Morgan fingerprint density at radius 2 is 2.00 bits per heavy atom. The lowest BCUT2D eigenvalue weighted by atomic mass is 10.2. The molecule has 2 N–H and O–H groups in total. The van der Waals surface area contributed by atoms with Crippen molar-refractivity contribution in [1.82, 2.24) is 10.3 Å². The third-order valence-corrected chi connectivity index (χ3v) is 3.57. The van der Waals surface area contributed by atoms with E-state index in [1.165, 1.54) is 11.3 Å². The van der Waals surface area contributed by atoms with Crippen LogP contribution in [0.25, 0.3) is 11.3 Å². The average molecular weight is 340 g/mol. The number of aromatic nitrogens is 1. The van der Waals surface area contributed by atoms with Crippen LogP contribution in [-0.2, 0) is 0 Å². The van der Waals surface area contributed by atoms with Crippen molar-refractivity contribution in [2.24, 2.45) is 0 Å². The van der Waals surface area contributed by atoms with E-state index in [4.69, 9.17) is 0 Å². The number of urea groups is 1. The molecule has 0 aliphatic carbocycles. The molecule has 0 spiro atoms. The van der Waals surface area contributed by atoms with Crippen LogP contribution in [-0.4, -0.2) is 17.1 Å². The normalized spacial score (nSPS) is 10.5. The van der Waals surface area contributed by atoms with Crippen molar-refractivity contribution < 1.29 is 4.79 Å². The number of thiazole rings is 1. The van der Waals surface area contributed by atoms with Gasteiger partial charge in [0.1, 0.15) is 0 Å². The summed E-state index contributed by atoms with van der Waals surface area (Å²) in [5.74, 6) is 0. The molecule has 4 nitrogen and oxygen atoms in total. The zero-order valence-corrected chi connectivity index (χ0v) is 13.0. The maximum absolute atomic E-state index is 11.6. The number of carbonyl (C=O) groups is 1. The van der Waals surface area contributed by atoms with E-state index in [2.05, 4.69) is 31.5 Å². The molecule has 19 heavy (non-hydrogen) atoms. The summed E-state index contributed by atoms with van der Waals surface area (Å²) in [5, 5.41) is 8.00. The summed E-state index contributed by atoms with van der Waals surface area (Å²) in [6.45, 7) is 3.82. The van der Waals surface area contributed by atoms with Gasteiger partial charge in [-0.05, 0) is 26.0 Å². The number of halogens is 1. The van der Waals surface area contributed by atoms with Crippen LogP contribution in [0.4, 0.5) is 9.93 Å². The predicted molar refractivity (Wildman–Crippen MR) is 82.5 cm³/mol. The number of rotatable bonds is 3. The van der Waals surface area contributed by atoms with E-state index in [1.54, 1.807) is 0 Å². The van der Waals surface area contributed by atoms with Crippen molar-refractivity contribution in [3.8, 4) is 11.3 Å². The maximum atomic E-state index is 11.6. The molecule has 0 aliphatic heterocycles. The fourth-order valence-electron chi connectivity index (χ4n) is 1.48. The highest BCUT2D eigenvalue weighted by atomic mass is 79.9. The molecular formula is C13H14BrN3OS. The van der Waals surface area contributed by atoms with Crippen molar-refractivity contribution in [1.29, 1.82) is 0 Å². The summed E-state index contributed by atoms with van der Waals surface area (Å²) in [6, 6.07) is 7.77. The van der Waals surface area contributed by atoms with Gasteiger partial charge in [0, 0.05) is 21.5 Å². The summed E-state index contributed by atoms with van der Waals surface area (Å²) < 4.78 is 1.03. The Hall–Kier alpha value is -1.40. The van der Waals surface area contributed by atoms with Gasteiger partial charge >= 0.3 is 6.03 Å². The monoisotopic (exact) mass is 339 g/mol. The second kappa shape index (κ2) is 6.16. The van der Waals surface area contributed by atoms with Gasteiger partial charge in [-0.2, -0.15) is 0 Å². The van der Waals surface area contributed by atoms with Gasteiger partial charge in [0.2, 0.25) is 0 Å². The van der Waals surface area contributed by atoms with E-state index in [0.29, 0.717) is 5.13 Å². The standard InChI is InChI=1S/C13H14BrN3OS/c1-8(2)15-12(18)17-13-16-11(7-19-13)9-3-5-10(14)6-4-9/h3-8H,1-2H3,(H2,15,16,17,18). The summed E-state index contributed by atoms with van der Waals surface area (Å²) in [6.07, 6.45) is 0. The van der Waals surface area contributed by atoms with Crippen LogP contribution in [0.15, 0.2) is 34.1 Å². The van der Waals surface area contributed by atoms with Gasteiger partial charge in [-0.1, -0.05) is 28.1 Å². The number of carbonyl (C=O) groups excluding carboxylic acids is 1. The minimum Gasteiger partial charge on any atom is -0.336 e. The molecule has 2 amide bonds. The summed E-state index contributed by atoms with van der Waals surface area (Å²) >= 11 is 4.80. The van der Waals surface area contributed by atoms with Crippen LogP contribution >= 0.6 is 27.3 Å². The molecular weight excluding hydrogens is 326 g/mol. The highest BCUT2D eigenvalue weighted by molar-refractivity contribution is 9.10. The van der Waals surface area contributed by atoms with Gasteiger partial charge in [-0.15, -0.1) is 11.3 Å². The van der Waals surface area contributed by atoms with Crippen molar-refractivity contribution in [2.45, 2.75) is 19.9 Å². The minimum absolute atomic E-state index is 0.103. The highest BCUT2D eigenvalue weighted by Crippen LogP contribution is 2.25. The van der Waals surface area contributed by atoms with Crippen LogP contribution in [0.3, 0.4) is 0 Å². The van der Waals surface area contributed by atoms with Crippen molar-refractivity contribution in [2.75, 3.05) is 5.32 Å². The second-order valence-electron chi connectivity index (χ2n) is 4.30. The number of hydrogen-bond donors (Lipinski definition) is 2. The molecule has 0 saturated carbocycles. The Kier molecular flexibility index (Phi) is 4.55. The Morgan fingerprint density at radius 3 is 2.63 bits per heavy atom. The Balaban J connectivity index is 2.07. The van der Waals surface area contributed by atoms with Gasteiger partial charge in [-0.3, -0.25) is 5.32 Å². The number of nitrogens with zero attached hydrogens (tertiary/aromatic N) is 1. The minimum atomic E-state index is -0.230. The fourth-order valence-corrected chi connectivity index (χ4v) is 2.46. The van der Waals surface area contributed by atoms with Crippen LogP contribution < -0.4 is 10.6 Å². The fraction of sp³-hybridized carbons (Fsp3) is 0.231. The molecule has 0 unspecified atom stereocenters. The van der Waals surface area contributed by atoms with E-state index in [-0.39, 0.29) is 12.1 Å². The van der Waals surface area contributed by atoms with Crippen LogP contribution in [0.1, 0.15) is 13.8 Å². The molecule has 0 bridgehead atoms. The Morgan fingerprint density at radius 1 is 1.32 bits per heavy atom. The number of benzene rings is 1. The second-order valence-corrected chi connectivity index (χ2v) is 6.07. The highest BCUT2D eigenvalue weighted by Gasteiger charge is 2.08. The first-order valence-corrected chi connectivity index (χ1v) is 7.51. The zero-order valence-electron chi connectivity index (χ0n) is 10.6. The van der Waals surface area contributed by atoms with E-state index >= 15 is 0 Å². The molecule has 1 aromatic heterocycles. The lowest BCUT2D eigenvalue weighted by Crippen LogP contribution is -2.34. The first-order chi connectivity index (χ1) is 9.04. The Bertz CT molecular complexity index is 566. The molecule has 1 heterocycles. The molecule has 0 aliphatic rings. The number of anilines is 1. The third-order valence-electron chi connectivity index (χ3n) is 2.28. The molecule has 2 aromatic rings. The zero-order chi connectivity index (χ0) is 13.8. The maximum Gasteiger partial charge on any atom is 0.321 e. The molecule has 0 fully saturated rings. The number of nitrogens with one attached hydrogen (secondary N) is 2. The summed E-state index contributed by atoms with van der Waals surface area (Å²) in [7, 11) is 0. The number of hydrogen-bond acceptors (Lipinski definition) is 3. The Labute approximate surface area is 124 Å². The van der Waals surface area contributed by atoms with Gasteiger partial charge in [-0.25, -0.2) is 9.78 Å². The molecule has 100 valence electrons. The largest absolute Gasteiger partial charge is 0.336 e. The van der Waals surface area contributed by atoms with E-state index in [9.17, 15) is 4.79 Å². The molecule has 2 rings (SSSR count). The summed E-state index contributed by atoms with van der Waals surface area (Å²) in [5.41, 5.74) is 1.88. The van der Waals surface area contributed by atoms with Gasteiger partial charge in [0.05, 0.1) is 5.69 Å². The quantitative estimate of drug-likeness (QED) is 0.884. The third kappa shape index (κ3) is 4.04. The smallest absolute Gasteiger partial charge is 0.321 e. The van der Waals surface area contributed by atoms with Crippen LogP contribution in [0.2, 0.25) is 0 Å². The van der Waals surface area contributed by atoms with Crippen molar-refractivity contribution in [3.05, 3.63) is 34.1 Å². The van der Waals surface area contributed by atoms with Gasteiger partial charge in [0.15, 0.2) is 5.13 Å². The molecule has 0 radical (unpaired) electrons. The lowest BCUT2D eigenvalue weighted by molar-refractivity contribution is 0.250. The predicted octanol–water partition coefficient (Wildman–Crippen LogP) is 4.10. The van der Waals surface area contributed by atoms with Crippen LogP contribution in [0.5, 0.6) is 0 Å². The lowest BCUT2D eigenvalue weighted by Gasteiger charge is -2.07. The van der Waals surface area contributed by atoms with E-state index in [1.807, 2.05) is 43.5 Å². The average Bonchev–Trinajstić information content (AvgIpc) is 2.77. The number of amides is 2. The van der Waals surface area contributed by atoms with Crippen molar-refractivity contribution in [3.63, 3.8) is 0 Å². The van der Waals surface area contributed by atoms with Crippen LogP contribution in [0, 0.1) is 0 Å². The van der Waals surface area contributed by atoms with Gasteiger partial charge < -0.3 is 5.32 Å². The molecule has 0 saturated heterocycles.